The van der Waals surface area contributed by atoms with Gasteiger partial charge >= 0.3 is 0 Å². The Labute approximate surface area is 586 Å². The molecule has 3 aromatic heterocycles. The van der Waals surface area contributed by atoms with Crippen LogP contribution in [0.15, 0.2) is 156 Å². The lowest BCUT2D eigenvalue weighted by atomic mass is 10.0. The van der Waals surface area contributed by atoms with Crippen molar-refractivity contribution in [2.75, 3.05) is 60.2 Å². The van der Waals surface area contributed by atoms with Crippen LogP contribution in [0.25, 0.3) is 21.9 Å². The van der Waals surface area contributed by atoms with Gasteiger partial charge in [-0.05, 0) is 132 Å². The minimum Gasteiger partial charge on any atom is -0.354 e. The number of rotatable bonds is 30. The molecule has 0 aliphatic rings. The molecule has 36 nitrogen and oxygen atoms in total. The van der Waals surface area contributed by atoms with Crippen molar-refractivity contribution in [2.45, 2.75) is 45.3 Å². The Balaban J connectivity index is 1.17. The summed E-state index contributed by atoms with van der Waals surface area (Å²) in [4.78, 5) is 16.8. The van der Waals surface area contributed by atoms with Crippen molar-refractivity contribution in [3.63, 3.8) is 0 Å². The zero-order chi connectivity index (χ0) is 74.3. The monoisotopic (exact) mass is 1550 g/mol. The first kappa shape index (κ1) is 76.2. The zero-order valence-electron chi connectivity index (χ0n) is 52.8. The fraction of sp³-hybridized carbons (Fsp3) is 0.172. The highest BCUT2D eigenvalue weighted by atomic mass is 32.2. The quantitative estimate of drug-likeness (QED) is 0.00874. The lowest BCUT2D eigenvalue weighted by Crippen LogP contribution is -2.14. The molecule has 6 aromatic carbocycles. The van der Waals surface area contributed by atoms with Crippen LogP contribution in [0.4, 0.5) is 73.6 Å². The largest absolute Gasteiger partial charge is 0.354 e. The molecule has 534 valence electrons. The van der Waals surface area contributed by atoms with Crippen molar-refractivity contribution in [3.8, 4) is 23.3 Å². The van der Waals surface area contributed by atoms with E-state index in [1.807, 2.05) is 0 Å². The van der Waals surface area contributed by atoms with Crippen molar-refractivity contribution in [2.24, 2.45) is 20.5 Å². The summed E-state index contributed by atoms with van der Waals surface area (Å²) in [7, 11) is -28.4. The number of hydrogen-bond acceptors (Lipinski definition) is 33. The third kappa shape index (κ3) is 19.7. The predicted octanol–water partition coefficient (Wildman–Crippen LogP) is 9.86. The van der Waals surface area contributed by atoms with E-state index in [9.17, 15) is 87.7 Å². The summed E-state index contributed by atoms with van der Waals surface area (Å²) in [6.45, 7) is 1.34. The minimum absolute atomic E-state index is 0.00363. The van der Waals surface area contributed by atoms with Crippen LogP contribution in [0, 0.1) is 29.6 Å². The number of fused-ring (bicyclic) bond motifs is 1. The molecule has 9 N–H and O–H groups in total. The van der Waals surface area contributed by atoms with E-state index >= 15 is 0 Å². The van der Waals surface area contributed by atoms with Gasteiger partial charge in [0.1, 0.15) is 50.5 Å². The number of azo groups is 2. The van der Waals surface area contributed by atoms with E-state index in [4.69, 9.17) is 4.18 Å². The van der Waals surface area contributed by atoms with E-state index < -0.39 is 98.7 Å². The maximum atomic E-state index is 13.3. The van der Waals surface area contributed by atoms with Crippen molar-refractivity contribution >= 4 is 167 Å². The van der Waals surface area contributed by atoms with Crippen molar-refractivity contribution < 1.29 is 89.7 Å². The van der Waals surface area contributed by atoms with Crippen LogP contribution in [0.5, 0.6) is 0 Å². The van der Waals surface area contributed by atoms with Gasteiger partial charge in [0.2, 0.25) is 17.8 Å². The molecule has 0 saturated carbocycles. The van der Waals surface area contributed by atoms with Crippen LogP contribution in [-0.4, -0.2) is 131 Å². The van der Waals surface area contributed by atoms with Crippen LogP contribution < -0.4 is 26.6 Å². The van der Waals surface area contributed by atoms with Crippen LogP contribution in [0.1, 0.15) is 39.8 Å². The summed E-state index contributed by atoms with van der Waals surface area (Å²) >= 11 is 0.762. The fourth-order valence-corrected chi connectivity index (χ4v) is 15.0. The van der Waals surface area contributed by atoms with Gasteiger partial charge in [0.15, 0.2) is 16.6 Å². The highest BCUT2D eigenvalue weighted by Gasteiger charge is 2.26. The summed E-state index contributed by atoms with van der Waals surface area (Å²) in [5.74, 6) is -4.57. The first-order chi connectivity index (χ1) is 47.8. The molecule has 0 aliphatic carbocycles. The Bertz CT molecular complexity index is 5790. The first-order valence-corrected chi connectivity index (χ1v) is 40.0. The topological polar surface area (TPSA) is 556 Å². The highest BCUT2D eigenvalue weighted by molar-refractivity contribution is 7.87. The van der Waals surface area contributed by atoms with Gasteiger partial charge in [-0.25, -0.2) is 4.98 Å². The molecule has 3 heterocycles. The summed E-state index contributed by atoms with van der Waals surface area (Å²) in [6.07, 6.45) is -0.160. The van der Waals surface area contributed by atoms with Gasteiger partial charge in [-0.15, -0.1) is 20.5 Å². The molecule has 0 unspecified atom stereocenters. The number of nitrogens with one attached hydrogen (secondary N) is 5. The van der Waals surface area contributed by atoms with Crippen molar-refractivity contribution in [3.05, 3.63) is 155 Å². The van der Waals surface area contributed by atoms with Gasteiger partial charge in [-0.1, -0.05) is 41.7 Å². The lowest BCUT2D eigenvalue weighted by molar-refractivity contribution is 0.396. The maximum absolute atomic E-state index is 13.3. The standard InChI is InChI=1S/C58H53N15O21S8/c1-33-46(28-59)52(62-39-14-18-43(19-15-39)100(86,87)92-2)66-53(63-40-16-20-44(21-17-40)101(88,89)93-3)51(33)71-72-54-47(29-60)50(55(95-54)73-70-42-13-10-37-24-35(31-98(80,81)82)26-49(45(37)27-42)102(90,91)94-4)36-8-11-41(12-9-36)64-57-67-56(61-22-5-23-96(74,75)76)68-58(69-57)65-48-25-34(30-97(77,78)79)6-7-38(48)32-99(83,84)85/h6-21,24-27H,5,22-23,30-32H2,1-4H3,(H2,62,63,66)(H,74,75,76)(H,77,78,79)(H,80,81,82)(H,83,84,85)(H3,61,64,65,67,68,69). The predicted molar refractivity (Wildman–Crippen MR) is 371 cm³/mol. The second-order valence-electron chi connectivity index (χ2n) is 21.3. The third-order valence-corrected chi connectivity index (χ3v) is 21.8. The van der Waals surface area contributed by atoms with Crippen LogP contribution in [0.3, 0.4) is 0 Å². The number of benzene rings is 6. The molecule has 44 heteroatoms. The van der Waals surface area contributed by atoms with E-state index in [1.54, 1.807) is 0 Å². The number of pyridine rings is 1. The number of nitrogens with zero attached hydrogens (tertiary/aromatic N) is 10. The van der Waals surface area contributed by atoms with Crippen LogP contribution >= 0.6 is 11.3 Å². The maximum Gasteiger partial charge on any atom is 0.297 e. The molecule has 0 aliphatic heterocycles. The summed E-state index contributed by atoms with van der Waals surface area (Å²) in [5.41, 5.74) is 0.304. The molecule has 0 radical (unpaired) electrons. The average Bonchev–Trinajstić information content (AvgIpc) is 1.12. The second-order valence-corrected chi connectivity index (χ2v) is 33.3. The third-order valence-electron chi connectivity index (χ3n) is 14.1. The molecule has 0 atom stereocenters. The van der Waals surface area contributed by atoms with E-state index in [2.05, 4.69) is 87.5 Å². The molecule has 0 amide bonds. The van der Waals surface area contributed by atoms with Gasteiger partial charge in [0.05, 0.1) is 48.1 Å². The molecular formula is C58H53N15O21S8. The van der Waals surface area contributed by atoms with Crippen LogP contribution in [-0.2, 0) is 101 Å². The van der Waals surface area contributed by atoms with E-state index in [-0.39, 0.29) is 152 Å². The Hall–Kier alpha value is -10.0. The van der Waals surface area contributed by atoms with E-state index in [0.717, 1.165) is 50.9 Å². The van der Waals surface area contributed by atoms with Crippen molar-refractivity contribution in [1.29, 1.82) is 10.5 Å². The van der Waals surface area contributed by atoms with Crippen molar-refractivity contribution in [1.82, 2.24) is 19.9 Å². The fourth-order valence-electron chi connectivity index (χ4n) is 9.50. The smallest absolute Gasteiger partial charge is 0.297 e. The molecule has 0 saturated heterocycles. The number of anilines is 9. The number of aromatic nitrogens is 4. The SMILES string of the molecule is COS(=O)(=O)c1ccc(Nc2nc(Nc3ccc(S(=O)(=O)OC)cc3)c(N=Nc3sc(N=Nc4ccc5cc(CS(=O)(=O)O)cc(S(=O)(=O)OC)c5c4)c(-c4ccc(Nc5nc(NCCCS(=O)(=O)O)nc(Nc6cc(CS(=O)(=O)O)ccc6CS(=O)(=O)O)n5)cc4)c3C#N)c(C)c2C#N)cc1. The van der Waals surface area contributed by atoms with E-state index in [0.29, 0.717) is 0 Å². The Morgan fingerprint density at radius 3 is 1.59 bits per heavy atom. The number of thiophene rings is 1. The Morgan fingerprint density at radius 1 is 0.500 bits per heavy atom. The first-order valence-electron chi connectivity index (χ1n) is 28.5. The van der Waals surface area contributed by atoms with Crippen LogP contribution in [0.2, 0.25) is 0 Å². The molecule has 9 rings (SSSR count). The molecule has 0 bridgehead atoms. The van der Waals surface area contributed by atoms with Gasteiger partial charge in [0.25, 0.3) is 70.8 Å². The van der Waals surface area contributed by atoms with Gasteiger partial charge in [-0.3, -0.25) is 30.8 Å². The minimum atomic E-state index is -4.72. The van der Waals surface area contributed by atoms with Gasteiger partial charge in [0, 0.05) is 45.8 Å². The molecule has 9 aromatic rings. The van der Waals surface area contributed by atoms with Gasteiger partial charge < -0.3 is 26.6 Å². The molecular weight excluding hydrogens is 1500 g/mol. The molecule has 0 fully saturated rings. The van der Waals surface area contributed by atoms with Gasteiger partial charge in [-0.2, -0.15) is 84.4 Å². The lowest BCUT2D eigenvalue weighted by Gasteiger charge is -2.16. The number of nitriles is 2. The Morgan fingerprint density at radius 2 is 1.03 bits per heavy atom. The highest BCUT2D eigenvalue weighted by Crippen LogP contribution is 2.49. The average molecular weight is 1550 g/mol. The normalized spacial score (nSPS) is 12.5. The zero-order valence-corrected chi connectivity index (χ0v) is 59.3. The molecule has 0 spiro atoms. The summed E-state index contributed by atoms with van der Waals surface area (Å²) in [5, 5.41) is 54.3. The number of hydrogen-bond donors (Lipinski definition) is 9. The second kappa shape index (κ2) is 30.7. The summed E-state index contributed by atoms with van der Waals surface area (Å²) in [6, 6.07) is 30.5. The summed E-state index contributed by atoms with van der Waals surface area (Å²) < 4.78 is 224. The Kier molecular flexibility index (Phi) is 22.9. The van der Waals surface area contributed by atoms with E-state index in [1.165, 1.54) is 110 Å². The molecule has 102 heavy (non-hydrogen) atoms.